The van der Waals surface area contributed by atoms with Gasteiger partial charge in [-0.25, -0.2) is 14.5 Å². The van der Waals surface area contributed by atoms with Crippen LogP contribution in [0.15, 0.2) is 6.33 Å². The third kappa shape index (κ3) is 2.18. The zero-order valence-corrected chi connectivity index (χ0v) is 11.6. The predicted molar refractivity (Wildman–Crippen MR) is 66.6 cm³/mol. The molecule has 120 valence electrons. The average molecular weight is 316 g/mol. The second-order valence-electron chi connectivity index (χ2n) is 6.45. The van der Waals surface area contributed by atoms with Crippen LogP contribution in [-0.4, -0.2) is 39.7 Å². The molecule has 1 aromatic rings. The van der Waals surface area contributed by atoms with Crippen LogP contribution in [0.25, 0.3) is 0 Å². The normalized spacial score (nSPS) is 34.1. The minimum absolute atomic E-state index is 0.120. The van der Waals surface area contributed by atoms with E-state index in [9.17, 15) is 18.0 Å². The van der Waals surface area contributed by atoms with Crippen molar-refractivity contribution in [3.8, 4) is 0 Å². The van der Waals surface area contributed by atoms with Gasteiger partial charge in [0.05, 0.1) is 6.04 Å². The Morgan fingerprint density at radius 1 is 1.41 bits per heavy atom. The Morgan fingerprint density at radius 3 is 2.68 bits per heavy atom. The molecule has 2 heterocycles. The minimum Gasteiger partial charge on any atom is -0.439 e. The number of esters is 1. The number of nitrogens with one attached hydrogen (secondary N) is 1. The zero-order valence-electron chi connectivity index (χ0n) is 11.6. The van der Waals surface area contributed by atoms with Gasteiger partial charge in [0.15, 0.2) is 12.1 Å². The molecule has 0 aromatic carbocycles. The van der Waals surface area contributed by atoms with Crippen LogP contribution in [0.3, 0.4) is 0 Å². The first-order valence-electron chi connectivity index (χ1n) is 7.30. The number of alkyl halides is 3. The Labute approximate surface area is 124 Å². The first kappa shape index (κ1) is 14.0. The van der Waals surface area contributed by atoms with E-state index in [-0.39, 0.29) is 6.04 Å². The largest absolute Gasteiger partial charge is 0.490 e. The van der Waals surface area contributed by atoms with E-state index in [0.29, 0.717) is 25.3 Å². The summed E-state index contributed by atoms with van der Waals surface area (Å²) in [6.07, 6.45) is -0.590. The molecule has 2 aliphatic carbocycles. The van der Waals surface area contributed by atoms with Crippen LogP contribution in [0.5, 0.6) is 0 Å². The lowest BCUT2D eigenvalue weighted by molar-refractivity contribution is -0.232. The van der Waals surface area contributed by atoms with Crippen LogP contribution in [0, 0.1) is 5.41 Å². The van der Waals surface area contributed by atoms with Crippen LogP contribution in [-0.2, 0) is 9.53 Å². The fourth-order valence-electron chi connectivity index (χ4n) is 3.23. The molecule has 0 radical (unpaired) electrons. The molecular weight excluding hydrogens is 301 g/mol. The molecule has 0 amide bonds. The maximum atomic E-state index is 12.2. The molecule has 22 heavy (non-hydrogen) atoms. The van der Waals surface area contributed by atoms with Gasteiger partial charge in [-0.1, -0.05) is 0 Å². The summed E-state index contributed by atoms with van der Waals surface area (Å²) in [6.45, 7) is 0.559. The standard InChI is InChI=1S/C13H15F3N4O2/c14-13(15,16)11(21)22-10-12(5-17-10)3-8(4-12)20-6-18-9(19-20)7-1-2-7/h6-8,10,17H,1-5H2. The Kier molecular flexibility index (Phi) is 2.82. The molecule has 2 saturated carbocycles. The van der Waals surface area contributed by atoms with Gasteiger partial charge in [0.1, 0.15) is 6.33 Å². The summed E-state index contributed by atoms with van der Waals surface area (Å²) in [5.74, 6) is -0.807. The highest BCUT2D eigenvalue weighted by Gasteiger charge is 2.59. The number of ether oxygens (including phenoxy) is 1. The van der Waals surface area contributed by atoms with Crippen molar-refractivity contribution in [3.63, 3.8) is 0 Å². The molecule has 1 atom stereocenters. The lowest BCUT2D eigenvalue weighted by Crippen LogP contribution is -2.69. The van der Waals surface area contributed by atoms with Crippen LogP contribution < -0.4 is 5.32 Å². The van der Waals surface area contributed by atoms with Gasteiger partial charge < -0.3 is 4.74 Å². The first-order chi connectivity index (χ1) is 10.4. The maximum absolute atomic E-state index is 12.2. The van der Waals surface area contributed by atoms with E-state index in [1.165, 1.54) is 0 Å². The Balaban J connectivity index is 1.36. The van der Waals surface area contributed by atoms with E-state index in [0.717, 1.165) is 18.7 Å². The van der Waals surface area contributed by atoms with Crippen LogP contribution in [0.4, 0.5) is 13.2 Å². The molecule has 1 spiro atoms. The molecule has 1 aromatic heterocycles. The Morgan fingerprint density at radius 2 is 2.14 bits per heavy atom. The molecule has 1 aliphatic heterocycles. The van der Waals surface area contributed by atoms with Gasteiger partial charge in [-0.05, 0) is 25.7 Å². The summed E-state index contributed by atoms with van der Waals surface area (Å²) < 4.78 is 43.1. The van der Waals surface area contributed by atoms with Gasteiger partial charge in [-0.2, -0.15) is 18.3 Å². The van der Waals surface area contributed by atoms with Crippen molar-refractivity contribution in [3.05, 3.63) is 12.2 Å². The van der Waals surface area contributed by atoms with Gasteiger partial charge in [0, 0.05) is 17.9 Å². The number of halogens is 3. The summed E-state index contributed by atoms with van der Waals surface area (Å²) in [6, 6.07) is 0.120. The lowest BCUT2D eigenvalue weighted by Gasteiger charge is -2.58. The van der Waals surface area contributed by atoms with Gasteiger partial charge in [0.25, 0.3) is 0 Å². The highest BCUT2D eigenvalue weighted by Crippen LogP contribution is 2.54. The van der Waals surface area contributed by atoms with Gasteiger partial charge >= 0.3 is 12.1 Å². The average Bonchev–Trinajstić information content (AvgIpc) is 3.12. The van der Waals surface area contributed by atoms with Crippen LogP contribution >= 0.6 is 0 Å². The summed E-state index contributed by atoms with van der Waals surface area (Å²) >= 11 is 0. The van der Waals surface area contributed by atoms with Gasteiger partial charge in [-0.3, -0.25) is 5.32 Å². The number of rotatable bonds is 3. The summed E-state index contributed by atoms with van der Waals surface area (Å²) in [5, 5.41) is 7.20. The van der Waals surface area contributed by atoms with Crippen molar-refractivity contribution < 1.29 is 22.7 Å². The predicted octanol–water partition coefficient (Wildman–Crippen LogP) is 1.51. The molecule has 3 fully saturated rings. The smallest absolute Gasteiger partial charge is 0.439 e. The molecule has 1 unspecified atom stereocenters. The number of carbonyl (C=O) groups excluding carboxylic acids is 1. The molecule has 3 aliphatic rings. The summed E-state index contributed by atoms with van der Waals surface area (Å²) in [4.78, 5) is 15.2. The summed E-state index contributed by atoms with van der Waals surface area (Å²) in [5.41, 5.74) is -0.392. The Bertz CT molecular complexity index is 605. The van der Waals surface area contributed by atoms with E-state index in [1.54, 1.807) is 11.0 Å². The number of aromatic nitrogens is 3. The number of carbonyl (C=O) groups is 1. The number of hydrogen-bond donors (Lipinski definition) is 1. The van der Waals surface area contributed by atoms with E-state index >= 15 is 0 Å². The number of hydrogen-bond acceptors (Lipinski definition) is 5. The molecule has 9 heteroatoms. The molecule has 4 rings (SSSR count). The highest BCUT2D eigenvalue weighted by molar-refractivity contribution is 5.75. The van der Waals surface area contributed by atoms with Crippen molar-refractivity contribution >= 4 is 5.97 Å². The second kappa shape index (κ2) is 4.43. The van der Waals surface area contributed by atoms with E-state index in [1.807, 2.05) is 0 Å². The quantitative estimate of drug-likeness (QED) is 0.856. The maximum Gasteiger partial charge on any atom is 0.490 e. The van der Waals surface area contributed by atoms with Crippen LogP contribution in [0.1, 0.15) is 43.5 Å². The van der Waals surface area contributed by atoms with Crippen molar-refractivity contribution in [1.29, 1.82) is 0 Å². The van der Waals surface area contributed by atoms with Gasteiger partial charge in [-0.15, -0.1) is 0 Å². The van der Waals surface area contributed by atoms with E-state index in [4.69, 9.17) is 0 Å². The summed E-state index contributed by atoms with van der Waals surface area (Å²) in [7, 11) is 0. The fraction of sp³-hybridized carbons (Fsp3) is 0.769. The highest BCUT2D eigenvalue weighted by atomic mass is 19.4. The fourth-order valence-corrected chi connectivity index (χ4v) is 3.23. The van der Waals surface area contributed by atoms with Crippen molar-refractivity contribution in [2.75, 3.05) is 6.54 Å². The zero-order chi connectivity index (χ0) is 15.5. The lowest BCUT2D eigenvalue weighted by atomic mass is 9.60. The molecule has 1 N–H and O–H groups in total. The third-order valence-corrected chi connectivity index (χ3v) is 4.78. The third-order valence-electron chi connectivity index (χ3n) is 4.78. The second-order valence-corrected chi connectivity index (χ2v) is 6.45. The van der Waals surface area contributed by atoms with Crippen molar-refractivity contribution in [2.45, 2.75) is 50.0 Å². The minimum atomic E-state index is -4.95. The first-order valence-corrected chi connectivity index (χ1v) is 7.30. The van der Waals surface area contributed by atoms with Crippen molar-refractivity contribution in [2.24, 2.45) is 5.41 Å². The SMILES string of the molecule is O=C(OC1NCC12CC(n1cnc(C3CC3)n1)C2)C(F)(F)F. The Hall–Kier alpha value is -1.64. The molecular formula is C13H15F3N4O2. The van der Waals surface area contributed by atoms with E-state index in [2.05, 4.69) is 20.1 Å². The van der Waals surface area contributed by atoms with Gasteiger partial charge in [0.2, 0.25) is 0 Å². The van der Waals surface area contributed by atoms with Crippen molar-refractivity contribution in [1.82, 2.24) is 20.1 Å². The molecule has 0 bridgehead atoms. The molecule has 6 nitrogen and oxygen atoms in total. The van der Waals surface area contributed by atoms with E-state index < -0.39 is 23.8 Å². The number of nitrogens with zero attached hydrogens (tertiary/aromatic N) is 3. The monoisotopic (exact) mass is 316 g/mol. The molecule has 1 saturated heterocycles. The van der Waals surface area contributed by atoms with Crippen LogP contribution in [0.2, 0.25) is 0 Å². The topological polar surface area (TPSA) is 69.0 Å².